The summed E-state index contributed by atoms with van der Waals surface area (Å²) in [5.41, 5.74) is 0. The quantitative estimate of drug-likeness (QED) is 0.755. The van der Waals surface area contributed by atoms with Gasteiger partial charge in [-0.2, -0.15) is 0 Å². The van der Waals surface area contributed by atoms with Gasteiger partial charge in [0.1, 0.15) is 0 Å². The summed E-state index contributed by atoms with van der Waals surface area (Å²) < 4.78 is 10.8. The van der Waals surface area contributed by atoms with Crippen molar-refractivity contribution in [3.63, 3.8) is 0 Å². The first kappa shape index (κ1) is 12.7. The predicted molar refractivity (Wildman–Crippen MR) is 67.4 cm³/mol. The van der Waals surface area contributed by atoms with Crippen LogP contribution < -0.4 is 0 Å². The van der Waals surface area contributed by atoms with Crippen LogP contribution in [-0.2, 0) is 9.47 Å². The molecule has 3 nitrogen and oxygen atoms in total. The molecular formula is C13H18O3S. The van der Waals surface area contributed by atoms with Crippen LogP contribution in [0.25, 0.3) is 0 Å². The van der Waals surface area contributed by atoms with Crippen molar-refractivity contribution in [2.24, 2.45) is 5.92 Å². The largest absolute Gasteiger partial charge is 0.345 e. The fourth-order valence-corrected chi connectivity index (χ4v) is 2.67. The molecule has 1 aromatic rings. The normalized spacial score (nSPS) is 16.9. The Morgan fingerprint density at radius 2 is 2.12 bits per heavy atom. The van der Waals surface area contributed by atoms with E-state index in [4.69, 9.17) is 9.47 Å². The zero-order valence-corrected chi connectivity index (χ0v) is 11.1. The molecule has 0 atom stereocenters. The van der Waals surface area contributed by atoms with E-state index < -0.39 is 0 Å². The highest BCUT2D eigenvalue weighted by molar-refractivity contribution is 7.14. The molecule has 0 aliphatic carbocycles. The van der Waals surface area contributed by atoms with Crippen LogP contribution in [0.5, 0.6) is 0 Å². The second-order valence-corrected chi connectivity index (χ2v) is 5.75. The van der Waals surface area contributed by atoms with E-state index in [0.29, 0.717) is 25.6 Å². The third-order valence-electron chi connectivity index (χ3n) is 2.70. The second kappa shape index (κ2) is 5.76. The van der Waals surface area contributed by atoms with Crippen molar-refractivity contribution in [2.45, 2.75) is 33.0 Å². The number of ether oxygens (including phenoxy) is 2. The summed E-state index contributed by atoms with van der Waals surface area (Å²) in [6.07, 6.45) is 1.32. The molecule has 0 radical (unpaired) electrons. The van der Waals surface area contributed by atoms with Gasteiger partial charge in [0.25, 0.3) is 0 Å². The molecule has 0 unspecified atom stereocenters. The minimum Gasteiger partial charge on any atom is -0.345 e. The lowest BCUT2D eigenvalue weighted by molar-refractivity contribution is -0.0413. The molecule has 2 heterocycles. The first-order valence-corrected chi connectivity index (χ1v) is 6.84. The summed E-state index contributed by atoms with van der Waals surface area (Å²) in [4.78, 5) is 13.7. The Hall–Kier alpha value is -0.710. The van der Waals surface area contributed by atoms with E-state index in [-0.39, 0.29) is 12.1 Å². The maximum atomic E-state index is 11.9. The first-order valence-electron chi connectivity index (χ1n) is 6.03. The third-order valence-corrected chi connectivity index (χ3v) is 3.85. The first-order chi connectivity index (χ1) is 8.16. The molecule has 1 saturated heterocycles. The van der Waals surface area contributed by atoms with E-state index in [2.05, 4.69) is 13.8 Å². The van der Waals surface area contributed by atoms with Gasteiger partial charge in [0.05, 0.1) is 23.0 Å². The minimum atomic E-state index is -0.258. The number of hydrogen-bond acceptors (Lipinski definition) is 4. The molecule has 0 aromatic carbocycles. The van der Waals surface area contributed by atoms with Crippen LogP contribution in [0.3, 0.4) is 0 Å². The zero-order valence-electron chi connectivity index (χ0n) is 10.3. The number of carbonyl (C=O) groups is 1. The fraction of sp³-hybridized carbons (Fsp3) is 0.615. The van der Waals surface area contributed by atoms with Crippen molar-refractivity contribution >= 4 is 17.1 Å². The number of rotatable bonds is 5. The Bertz CT molecular complexity index is 378. The van der Waals surface area contributed by atoms with Crippen LogP contribution in [-0.4, -0.2) is 19.0 Å². The molecule has 0 spiro atoms. The summed E-state index contributed by atoms with van der Waals surface area (Å²) in [5.74, 6) is 0.799. The van der Waals surface area contributed by atoms with Crippen LogP contribution >= 0.6 is 11.3 Å². The Morgan fingerprint density at radius 3 is 2.76 bits per heavy atom. The van der Waals surface area contributed by atoms with Gasteiger partial charge in [0, 0.05) is 6.42 Å². The van der Waals surface area contributed by atoms with Crippen LogP contribution in [0.2, 0.25) is 0 Å². The van der Waals surface area contributed by atoms with E-state index >= 15 is 0 Å². The summed E-state index contributed by atoms with van der Waals surface area (Å²) in [6, 6.07) is 3.82. The summed E-state index contributed by atoms with van der Waals surface area (Å²) in [6.45, 7) is 5.54. The lowest BCUT2D eigenvalue weighted by Crippen LogP contribution is -1.98. The van der Waals surface area contributed by atoms with Gasteiger partial charge in [0.2, 0.25) is 0 Å². The number of Topliss-reactive ketones (excluding diaryl/α,β-unsaturated/α-hetero) is 1. The van der Waals surface area contributed by atoms with Gasteiger partial charge in [-0.25, -0.2) is 0 Å². The molecule has 0 saturated carbocycles. The van der Waals surface area contributed by atoms with Gasteiger partial charge in [0.15, 0.2) is 12.1 Å². The number of hydrogen-bond donors (Lipinski definition) is 0. The third kappa shape index (κ3) is 3.37. The van der Waals surface area contributed by atoms with E-state index in [1.807, 2.05) is 12.1 Å². The van der Waals surface area contributed by atoms with Crippen LogP contribution in [0.4, 0.5) is 0 Å². The van der Waals surface area contributed by atoms with Gasteiger partial charge in [-0.15, -0.1) is 11.3 Å². The highest BCUT2D eigenvalue weighted by Gasteiger charge is 2.21. The highest BCUT2D eigenvalue weighted by atomic mass is 32.1. The van der Waals surface area contributed by atoms with Gasteiger partial charge >= 0.3 is 0 Å². The van der Waals surface area contributed by atoms with Gasteiger partial charge in [-0.3, -0.25) is 4.79 Å². The van der Waals surface area contributed by atoms with Crippen LogP contribution in [0.1, 0.15) is 47.5 Å². The Morgan fingerprint density at radius 1 is 1.41 bits per heavy atom. The topological polar surface area (TPSA) is 35.5 Å². The molecule has 0 bridgehead atoms. The van der Waals surface area contributed by atoms with Crippen molar-refractivity contribution in [1.29, 1.82) is 0 Å². The molecule has 1 fully saturated rings. The maximum absolute atomic E-state index is 11.9. The molecular weight excluding hydrogens is 236 g/mol. The molecule has 2 rings (SSSR count). The minimum absolute atomic E-state index is 0.230. The van der Waals surface area contributed by atoms with Crippen molar-refractivity contribution in [1.82, 2.24) is 0 Å². The predicted octanol–water partition coefficient (Wildman–Crippen LogP) is 3.41. The zero-order chi connectivity index (χ0) is 12.3. The average molecular weight is 254 g/mol. The number of carbonyl (C=O) groups excluding carboxylic acids is 1. The summed E-state index contributed by atoms with van der Waals surface area (Å²) in [5, 5.41) is 0. The lowest BCUT2D eigenvalue weighted by atomic mass is 10.1. The summed E-state index contributed by atoms with van der Waals surface area (Å²) >= 11 is 1.49. The van der Waals surface area contributed by atoms with Crippen LogP contribution in [0.15, 0.2) is 12.1 Å². The molecule has 94 valence electrons. The Labute approximate surface area is 106 Å². The molecule has 0 N–H and O–H groups in total. The molecule has 0 amide bonds. The Balaban J connectivity index is 1.95. The van der Waals surface area contributed by atoms with Crippen molar-refractivity contribution in [3.05, 3.63) is 21.9 Å². The van der Waals surface area contributed by atoms with E-state index in [0.717, 1.165) is 16.2 Å². The van der Waals surface area contributed by atoms with Crippen molar-refractivity contribution in [3.8, 4) is 0 Å². The van der Waals surface area contributed by atoms with Gasteiger partial charge in [-0.1, -0.05) is 13.8 Å². The second-order valence-electron chi connectivity index (χ2n) is 4.63. The Kier molecular flexibility index (Phi) is 4.31. The number of thiophene rings is 1. The smallest absolute Gasteiger partial charge is 0.193 e. The van der Waals surface area contributed by atoms with Crippen LogP contribution in [0, 0.1) is 5.92 Å². The standard InChI is InChI=1S/C13H18O3S/c1-9(2)3-4-10(14)11-5-6-12(17-11)13-15-7-8-16-13/h5-6,9,13H,3-4,7-8H2,1-2H3. The fourth-order valence-electron chi connectivity index (χ4n) is 1.70. The number of ketones is 1. The van der Waals surface area contributed by atoms with Gasteiger partial charge < -0.3 is 9.47 Å². The lowest BCUT2D eigenvalue weighted by Gasteiger charge is -2.05. The van der Waals surface area contributed by atoms with E-state index in [9.17, 15) is 4.79 Å². The maximum Gasteiger partial charge on any atom is 0.193 e. The monoisotopic (exact) mass is 254 g/mol. The van der Waals surface area contributed by atoms with Crippen molar-refractivity contribution in [2.75, 3.05) is 13.2 Å². The highest BCUT2D eigenvalue weighted by Crippen LogP contribution is 2.30. The summed E-state index contributed by atoms with van der Waals surface area (Å²) in [7, 11) is 0. The SMILES string of the molecule is CC(C)CCC(=O)c1ccc(C2OCCO2)s1. The molecule has 1 aromatic heterocycles. The molecule has 17 heavy (non-hydrogen) atoms. The van der Waals surface area contributed by atoms with E-state index in [1.165, 1.54) is 11.3 Å². The molecule has 1 aliphatic rings. The molecule has 1 aliphatic heterocycles. The van der Waals surface area contributed by atoms with E-state index in [1.54, 1.807) is 0 Å². The van der Waals surface area contributed by atoms with Crippen molar-refractivity contribution < 1.29 is 14.3 Å². The average Bonchev–Trinajstić information content (AvgIpc) is 2.94. The molecule has 4 heteroatoms. The van der Waals surface area contributed by atoms with Gasteiger partial charge in [-0.05, 0) is 24.5 Å².